The van der Waals surface area contributed by atoms with Crippen molar-refractivity contribution < 1.29 is 9.50 Å². The van der Waals surface area contributed by atoms with E-state index in [1.165, 1.54) is 10.7 Å². The van der Waals surface area contributed by atoms with Gasteiger partial charge in [-0.25, -0.2) is 4.68 Å². The van der Waals surface area contributed by atoms with Gasteiger partial charge in [0.1, 0.15) is 5.75 Å². The largest absolute Gasteiger partial charge is 0.508 e. The molecule has 1 N–H and O–H groups in total. The summed E-state index contributed by atoms with van der Waals surface area (Å²) in [4.78, 5) is 0. The monoisotopic (exact) mass is 206 g/mol. The number of aromatic hydroxyl groups is 1. The summed E-state index contributed by atoms with van der Waals surface area (Å²) in [5.74, 6) is -0.147. The van der Waals surface area contributed by atoms with Crippen molar-refractivity contribution in [1.29, 1.82) is 0 Å². The maximum atomic E-state index is 13.1. The normalized spacial score (nSPS) is 10.6. The molecular weight excluding hydrogens is 195 g/mol. The molecule has 15 heavy (non-hydrogen) atoms. The molecule has 0 radical (unpaired) electrons. The molecule has 1 heterocycles. The second-order valence-corrected chi connectivity index (χ2v) is 3.48. The number of hydrogen-bond donors (Lipinski definition) is 1. The van der Waals surface area contributed by atoms with Crippen LogP contribution in [0.2, 0.25) is 0 Å². The lowest BCUT2D eigenvalue weighted by molar-refractivity contribution is 0.471. The first-order valence-corrected chi connectivity index (χ1v) is 4.57. The first kappa shape index (κ1) is 9.71. The van der Waals surface area contributed by atoms with E-state index in [0.717, 1.165) is 11.1 Å². The Morgan fingerprint density at radius 1 is 1.33 bits per heavy atom. The highest BCUT2D eigenvalue weighted by Gasteiger charge is 2.07. The summed E-state index contributed by atoms with van der Waals surface area (Å²) in [5.41, 5.74) is 2.11. The lowest BCUT2D eigenvalue weighted by atomic mass is 10.1. The maximum Gasteiger partial charge on any atom is 0.211 e. The molecule has 0 aliphatic carbocycles. The second-order valence-electron chi connectivity index (χ2n) is 3.48. The molecule has 1 aromatic heterocycles. The summed E-state index contributed by atoms with van der Waals surface area (Å²) in [5, 5.41) is 13.4. The molecule has 2 rings (SSSR count). The smallest absolute Gasteiger partial charge is 0.211 e. The average molecular weight is 206 g/mol. The van der Waals surface area contributed by atoms with E-state index in [1.807, 2.05) is 0 Å². The van der Waals surface area contributed by atoms with E-state index >= 15 is 0 Å². The molecule has 0 amide bonds. The van der Waals surface area contributed by atoms with Crippen LogP contribution in [0.15, 0.2) is 24.3 Å². The summed E-state index contributed by atoms with van der Waals surface area (Å²) >= 11 is 0. The zero-order valence-corrected chi connectivity index (χ0v) is 8.53. The number of hydrogen-bond acceptors (Lipinski definition) is 2. The number of phenols is 1. The molecule has 4 heteroatoms. The zero-order chi connectivity index (χ0) is 11.0. The summed E-state index contributed by atoms with van der Waals surface area (Å²) < 4.78 is 14.2. The molecule has 0 aliphatic rings. The SMILES string of the molecule is Cc1cc(-c2cc(F)n(C)n2)ccc1O. The van der Waals surface area contributed by atoms with Gasteiger partial charge in [0.15, 0.2) is 0 Å². The van der Waals surface area contributed by atoms with Crippen LogP contribution >= 0.6 is 0 Å². The van der Waals surface area contributed by atoms with Gasteiger partial charge in [0.25, 0.3) is 0 Å². The van der Waals surface area contributed by atoms with Crippen LogP contribution in [-0.2, 0) is 7.05 Å². The molecule has 0 saturated carbocycles. The van der Waals surface area contributed by atoms with Crippen molar-refractivity contribution in [2.24, 2.45) is 7.05 Å². The number of rotatable bonds is 1. The van der Waals surface area contributed by atoms with Crippen molar-refractivity contribution >= 4 is 0 Å². The minimum atomic E-state index is -0.379. The van der Waals surface area contributed by atoms with Gasteiger partial charge in [-0.2, -0.15) is 9.49 Å². The number of nitrogens with zero attached hydrogens (tertiary/aromatic N) is 2. The van der Waals surface area contributed by atoms with Crippen molar-refractivity contribution in [2.45, 2.75) is 6.92 Å². The first-order chi connectivity index (χ1) is 7.08. The number of benzene rings is 1. The molecular formula is C11H11FN2O. The maximum absolute atomic E-state index is 13.1. The topological polar surface area (TPSA) is 38.0 Å². The van der Waals surface area contributed by atoms with E-state index in [9.17, 15) is 9.50 Å². The molecule has 78 valence electrons. The van der Waals surface area contributed by atoms with Crippen molar-refractivity contribution in [1.82, 2.24) is 9.78 Å². The zero-order valence-electron chi connectivity index (χ0n) is 8.53. The predicted octanol–water partition coefficient (Wildman–Crippen LogP) is 2.24. The van der Waals surface area contributed by atoms with Gasteiger partial charge in [0.2, 0.25) is 5.95 Å². The molecule has 0 unspecified atom stereocenters. The minimum Gasteiger partial charge on any atom is -0.508 e. The van der Waals surface area contributed by atoms with Gasteiger partial charge in [-0.3, -0.25) is 0 Å². The summed E-state index contributed by atoms with van der Waals surface area (Å²) in [6, 6.07) is 6.43. The average Bonchev–Trinajstić information content (AvgIpc) is 2.52. The van der Waals surface area contributed by atoms with Crippen LogP contribution in [0.4, 0.5) is 4.39 Å². The number of aromatic nitrogens is 2. The fourth-order valence-electron chi connectivity index (χ4n) is 1.40. The number of aryl methyl sites for hydroxylation is 2. The molecule has 0 aliphatic heterocycles. The van der Waals surface area contributed by atoms with Gasteiger partial charge in [-0.05, 0) is 30.7 Å². The van der Waals surface area contributed by atoms with Crippen LogP contribution in [0.3, 0.4) is 0 Å². The van der Waals surface area contributed by atoms with Gasteiger partial charge in [0, 0.05) is 18.7 Å². The van der Waals surface area contributed by atoms with Crippen molar-refractivity contribution in [3.8, 4) is 17.0 Å². The predicted molar refractivity (Wildman–Crippen MR) is 55.0 cm³/mol. The Hall–Kier alpha value is -1.84. The van der Waals surface area contributed by atoms with Crippen LogP contribution in [0.25, 0.3) is 11.3 Å². The van der Waals surface area contributed by atoms with Gasteiger partial charge in [-0.15, -0.1) is 0 Å². The Kier molecular flexibility index (Phi) is 2.19. The first-order valence-electron chi connectivity index (χ1n) is 4.57. The summed E-state index contributed by atoms with van der Waals surface area (Å²) in [7, 11) is 1.55. The van der Waals surface area contributed by atoms with E-state index in [2.05, 4.69) is 5.10 Å². The summed E-state index contributed by atoms with van der Waals surface area (Å²) in [6.07, 6.45) is 0. The third-order valence-corrected chi connectivity index (χ3v) is 2.32. The van der Waals surface area contributed by atoms with E-state index in [0.29, 0.717) is 5.69 Å². The Bertz CT molecular complexity index is 486. The Labute approximate surface area is 86.8 Å². The van der Waals surface area contributed by atoms with Gasteiger partial charge in [-0.1, -0.05) is 0 Å². The quantitative estimate of drug-likeness (QED) is 0.777. The standard InChI is InChI=1S/C11H11FN2O/c1-7-5-8(3-4-10(7)15)9-6-11(12)14(2)13-9/h3-6,15H,1-2H3. The van der Waals surface area contributed by atoms with Crippen molar-refractivity contribution in [3.63, 3.8) is 0 Å². The highest BCUT2D eigenvalue weighted by Crippen LogP contribution is 2.24. The van der Waals surface area contributed by atoms with Crippen LogP contribution in [0.1, 0.15) is 5.56 Å². The Balaban J connectivity index is 2.49. The van der Waals surface area contributed by atoms with E-state index < -0.39 is 0 Å². The molecule has 3 nitrogen and oxygen atoms in total. The molecule has 0 saturated heterocycles. The third-order valence-electron chi connectivity index (χ3n) is 2.32. The fraction of sp³-hybridized carbons (Fsp3) is 0.182. The van der Waals surface area contributed by atoms with E-state index in [1.54, 1.807) is 32.2 Å². The second kappa shape index (κ2) is 3.38. The molecule has 0 bridgehead atoms. The highest BCUT2D eigenvalue weighted by molar-refractivity contribution is 5.61. The van der Waals surface area contributed by atoms with E-state index in [-0.39, 0.29) is 11.7 Å². The molecule has 0 fully saturated rings. The van der Waals surface area contributed by atoms with Crippen LogP contribution in [0.5, 0.6) is 5.75 Å². The van der Waals surface area contributed by atoms with Gasteiger partial charge < -0.3 is 5.11 Å². The Morgan fingerprint density at radius 3 is 2.60 bits per heavy atom. The molecule has 1 aromatic carbocycles. The molecule has 2 aromatic rings. The molecule has 0 spiro atoms. The lowest BCUT2D eigenvalue weighted by Gasteiger charge is -2.00. The number of halogens is 1. The van der Waals surface area contributed by atoms with Crippen LogP contribution < -0.4 is 0 Å². The highest BCUT2D eigenvalue weighted by atomic mass is 19.1. The van der Waals surface area contributed by atoms with Gasteiger partial charge >= 0.3 is 0 Å². The van der Waals surface area contributed by atoms with Crippen LogP contribution in [-0.4, -0.2) is 14.9 Å². The fourth-order valence-corrected chi connectivity index (χ4v) is 1.40. The van der Waals surface area contributed by atoms with Gasteiger partial charge in [0.05, 0.1) is 5.69 Å². The minimum absolute atomic E-state index is 0.232. The van der Waals surface area contributed by atoms with Crippen molar-refractivity contribution in [2.75, 3.05) is 0 Å². The molecule has 0 atom stereocenters. The lowest BCUT2D eigenvalue weighted by Crippen LogP contribution is -1.93. The number of phenolic OH excluding ortho intramolecular Hbond substituents is 1. The Morgan fingerprint density at radius 2 is 2.07 bits per heavy atom. The third kappa shape index (κ3) is 1.70. The van der Waals surface area contributed by atoms with E-state index in [4.69, 9.17) is 0 Å². The summed E-state index contributed by atoms with van der Waals surface area (Å²) in [6.45, 7) is 1.79. The van der Waals surface area contributed by atoms with Crippen molar-refractivity contribution in [3.05, 3.63) is 35.8 Å². The van der Waals surface area contributed by atoms with Crippen LogP contribution in [0, 0.1) is 12.9 Å².